The van der Waals surface area contributed by atoms with Gasteiger partial charge in [-0.25, -0.2) is 4.79 Å². The maximum Gasteiger partial charge on any atom is 0.335 e. The molecule has 1 amide bonds. The molecule has 0 spiro atoms. The smallest absolute Gasteiger partial charge is 0.335 e. The maximum absolute atomic E-state index is 13.8. The van der Waals surface area contributed by atoms with Crippen LogP contribution in [0.25, 0.3) is 11.1 Å². The fourth-order valence-electron chi connectivity index (χ4n) is 5.02. The van der Waals surface area contributed by atoms with E-state index in [1.165, 1.54) is 50.5 Å². The minimum atomic E-state index is -0.925. The van der Waals surface area contributed by atoms with E-state index in [0.717, 1.165) is 48.3 Å². The van der Waals surface area contributed by atoms with Crippen LogP contribution < -0.4 is 0 Å². The predicted molar refractivity (Wildman–Crippen MR) is 170 cm³/mol. The van der Waals surface area contributed by atoms with Crippen LogP contribution in [-0.4, -0.2) is 53.0 Å². The van der Waals surface area contributed by atoms with Gasteiger partial charge >= 0.3 is 5.97 Å². The molecule has 0 aromatic heterocycles. The highest BCUT2D eigenvalue weighted by molar-refractivity contribution is 5.94. The Bertz CT molecular complexity index is 1180. The van der Waals surface area contributed by atoms with Crippen LogP contribution in [0.1, 0.15) is 97.6 Å². The molecule has 0 aliphatic carbocycles. The molecule has 3 rings (SSSR count). The number of hydrogen-bond acceptors (Lipinski definition) is 3. The number of aryl methyl sites for hydroxylation is 1. The van der Waals surface area contributed by atoms with Gasteiger partial charge in [0, 0.05) is 25.2 Å². The van der Waals surface area contributed by atoms with E-state index < -0.39 is 5.97 Å². The van der Waals surface area contributed by atoms with Crippen molar-refractivity contribution >= 4 is 11.9 Å². The summed E-state index contributed by atoms with van der Waals surface area (Å²) in [5.41, 5.74) is 5.38. The third-order valence-electron chi connectivity index (χ3n) is 7.69. The van der Waals surface area contributed by atoms with E-state index >= 15 is 0 Å². The zero-order valence-electron chi connectivity index (χ0n) is 25.3. The second kappa shape index (κ2) is 17.4. The van der Waals surface area contributed by atoms with Crippen molar-refractivity contribution in [2.45, 2.75) is 78.7 Å². The summed E-state index contributed by atoms with van der Waals surface area (Å²) in [5, 5.41) is 9.18. The Labute approximate surface area is 247 Å². The first kappa shape index (κ1) is 32.1. The third kappa shape index (κ3) is 10.5. The van der Waals surface area contributed by atoms with Crippen molar-refractivity contribution in [3.63, 3.8) is 0 Å². The SMILES string of the molecule is CCCCCc1ccc(C(=O)N(CCN(CCCC)CCCC)Cc2ccc(-c3ccc(C(=O)O)cc3)cc2)cc1. The number of aromatic carboxylic acids is 1. The van der Waals surface area contributed by atoms with Crippen molar-refractivity contribution in [2.24, 2.45) is 0 Å². The molecule has 0 radical (unpaired) electrons. The van der Waals surface area contributed by atoms with Crippen molar-refractivity contribution < 1.29 is 14.7 Å². The van der Waals surface area contributed by atoms with Gasteiger partial charge in [-0.1, -0.05) is 95.0 Å². The largest absolute Gasteiger partial charge is 0.478 e. The monoisotopic (exact) mass is 556 g/mol. The maximum atomic E-state index is 13.8. The van der Waals surface area contributed by atoms with Crippen molar-refractivity contribution in [1.82, 2.24) is 9.80 Å². The summed E-state index contributed by atoms with van der Waals surface area (Å²) in [6.45, 7) is 10.9. The molecular formula is C36H48N2O3. The molecule has 3 aromatic rings. The van der Waals surface area contributed by atoms with E-state index in [-0.39, 0.29) is 11.5 Å². The van der Waals surface area contributed by atoms with Crippen LogP contribution in [0, 0.1) is 0 Å². The standard InChI is InChI=1S/C36H48N2O3/c1-4-7-10-11-29-12-18-33(19-13-29)35(39)38(27-26-37(24-8-5-2)25-9-6-3)28-30-14-16-31(17-15-30)32-20-22-34(23-21-32)36(40)41/h12-23H,4-11,24-28H2,1-3H3,(H,40,41). The average Bonchev–Trinajstić information content (AvgIpc) is 3.00. The number of benzene rings is 3. The van der Waals surface area contributed by atoms with Crippen LogP contribution in [-0.2, 0) is 13.0 Å². The van der Waals surface area contributed by atoms with Gasteiger partial charge in [0.1, 0.15) is 0 Å². The summed E-state index contributed by atoms with van der Waals surface area (Å²) in [7, 11) is 0. The molecule has 5 heteroatoms. The number of hydrogen-bond donors (Lipinski definition) is 1. The molecule has 0 aliphatic heterocycles. The second-order valence-electron chi connectivity index (χ2n) is 11.0. The van der Waals surface area contributed by atoms with Gasteiger partial charge in [-0.05, 0) is 85.3 Å². The number of carboxylic acid groups (broad SMARTS) is 1. The van der Waals surface area contributed by atoms with Crippen molar-refractivity contribution in [1.29, 1.82) is 0 Å². The van der Waals surface area contributed by atoms with Crippen LogP contribution in [0.5, 0.6) is 0 Å². The Hall–Kier alpha value is -3.44. The molecule has 0 saturated heterocycles. The molecule has 0 unspecified atom stereocenters. The van der Waals surface area contributed by atoms with Gasteiger partial charge in [0.15, 0.2) is 0 Å². The van der Waals surface area contributed by atoms with E-state index in [1.54, 1.807) is 12.1 Å². The Morgan fingerprint density at radius 2 is 1.10 bits per heavy atom. The molecular weight excluding hydrogens is 508 g/mol. The molecule has 1 N–H and O–H groups in total. The van der Waals surface area contributed by atoms with Crippen LogP contribution in [0.2, 0.25) is 0 Å². The number of rotatable bonds is 18. The van der Waals surface area contributed by atoms with E-state index in [9.17, 15) is 14.7 Å². The number of nitrogens with zero attached hydrogens (tertiary/aromatic N) is 2. The highest BCUT2D eigenvalue weighted by Crippen LogP contribution is 2.22. The van der Waals surface area contributed by atoms with Gasteiger partial charge in [0.05, 0.1) is 5.56 Å². The molecule has 3 aromatic carbocycles. The topological polar surface area (TPSA) is 60.9 Å². The van der Waals surface area contributed by atoms with E-state index in [2.05, 4.69) is 49.9 Å². The van der Waals surface area contributed by atoms with Crippen molar-refractivity contribution in [3.8, 4) is 11.1 Å². The first-order valence-corrected chi connectivity index (χ1v) is 15.5. The third-order valence-corrected chi connectivity index (χ3v) is 7.69. The lowest BCUT2D eigenvalue weighted by Gasteiger charge is -2.28. The van der Waals surface area contributed by atoms with Gasteiger partial charge in [0.25, 0.3) is 5.91 Å². The van der Waals surface area contributed by atoms with Gasteiger partial charge in [-0.2, -0.15) is 0 Å². The first-order chi connectivity index (χ1) is 19.9. The van der Waals surface area contributed by atoms with Crippen molar-refractivity contribution in [3.05, 3.63) is 95.1 Å². The zero-order valence-corrected chi connectivity index (χ0v) is 25.3. The summed E-state index contributed by atoms with van der Waals surface area (Å²) in [4.78, 5) is 29.5. The second-order valence-corrected chi connectivity index (χ2v) is 11.0. The number of carbonyl (C=O) groups is 2. The van der Waals surface area contributed by atoms with Gasteiger partial charge in [-0.15, -0.1) is 0 Å². The molecule has 0 saturated carbocycles. The average molecular weight is 557 g/mol. The first-order valence-electron chi connectivity index (χ1n) is 15.5. The highest BCUT2D eigenvalue weighted by atomic mass is 16.4. The highest BCUT2D eigenvalue weighted by Gasteiger charge is 2.18. The lowest BCUT2D eigenvalue weighted by atomic mass is 10.0. The molecule has 220 valence electrons. The fourth-order valence-corrected chi connectivity index (χ4v) is 5.02. The van der Waals surface area contributed by atoms with Gasteiger partial charge in [-0.3, -0.25) is 4.79 Å². The molecule has 0 bridgehead atoms. The van der Waals surface area contributed by atoms with Crippen LogP contribution >= 0.6 is 0 Å². The predicted octanol–water partition coefficient (Wildman–Crippen LogP) is 8.33. The lowest BCUT2D eigenvalue weighted by molar-refractivity contribution is 0.0694. The Balaban J connectivity index is 1.76. The zero-order chi connectivity index (χ0) is 29.5. The lowest BCUT2D eigenvalue weighted by Crippen LogP contribution is -2.39. The fraction of sp³-hybridized carbons (Fsp3) is 0.444. The number of carboxylic acids is 1. The number of unbranched alkanes of at least 4 members (excludes halogenated alkanes) is 4. The normalized spacial score (nSPS) is 11.1. The molecule has 0 heterocycles. The summed E-state index contributed by atoms with van der Waals surface area (Å²) >= 11 is 0. The Morgan fingerprint density at radius 3 is 1.63 bits per heavy atom. The minimum absolute atomic E-state index is 0.0735. The summed E-state index contributed by atoms with van der Waals surface area (Å²) in [6, 6.07) is 23.4. The Morgan fingerprint density at radius 1 is 0.585 bits per heavy atom. The van der Waals surface area contributed by atoms with E-state index in [1.807, 2.05) is 41.3 Å². The van der Waals surface area contributed by atoms with Gasteiger partial charge in [0.2, 0.25) is 0 Å². The molecule has 0 aliphatic rings. The molecule has 0 fully saturated rings. The van der Waals surface area contributed by atoms with Crippen molar-refractivity contribution in [2.75, 3.05) is 26.2 Å². The van der Waals surface area contributed by atoms with E-state index in [4.69, 9.17) is 0 Å². The summed E-state index contributed by atoms with van der Waals surface area (Å²) < 4.78 is 0. The number of amides is 1. The summed E-state index contributed by atoms with van der Waals surface area (Å²) in [6.07, 6.45) is 9.35. The quantitative estimate of drug-likeness (QED) is 0.160. The number of carbonyl (C=O) groups excluding carboxylic acids is 1. The van der Waals surface area contributed by atoms with Gasteiger partial charge < -0.3 is 14.9 Å². The molecule has 0 atom stereocenters. The van der Waals surface area contributed by atoms with Crippen LogP contribution in [0.3, 0.4) is 0 Å². The van der Waals surface area contributed by atoms with Crippen LogP contribution in [0.4, 0.5) is 0 Å². The van der Waals surface area contributed by atoms with E-state index in [0.29, 0.717) is 13.1 Å². The summed E-state index contributed by atoms with van der Waals surface area (Å²) in [5.74, 6) is -0.852. The van der Waals surface area contributed by atoms with Crippen LogP contribution in [0.15, 0.2) is 72.8 Å². The molecule has 5 nitrogen and oxygen atoms in total. The Kier molecular flexibility index (Phi) is 13.6. The molecule has 41 heavy (non-hydrogen) atoms. The minimum Gasteiger partial charge on any atom is -0.478 e.